The molecule has 0 aliphatic rings. The van der Waals surface area contributed by atoms with E-state index in [1.54, 1.807) is 20.0 Å². The number of nitrogens with zero attached hydrogens (tertiary/aromatic N) is 3. The lowest BCUT2D eigenvalue weighted by Gasteiger charge is -2.15. The number of hydrogen-bond donors (Lipinski definition) is 1. The molecule has 0 aliphatic carbocycles. The van der Waals surface area contributed by atoms with E-state index in [4.69, 9.17) is 8.94 Å². The van der Waals surface area contributed by atoms with Gasteiger partial charge in [0.05, 0.1) is 18.7 Å². The lowest BCUT2D eigenvalue weighted by atomic mass is 10.2. The van der Waals surface area contributed by atoms with Crippen LogP contribution in [0.4, 0.5) is 5.82 Å². The first-order chi connectivity index (χ1) is 12.5. The predicted molar refractivity (Wildman–Crippen MR) is 93.1 cm³/mol. The van der Waals surface area contributed by atoms with Gasteiger partial charge in [-0.2, -0.15) is 0 Å². The van der Waals surface area contributed by atoms with Gasteiger partial charge in [-0.25, -0.2) is 4.98 Å². The number of aryl methyl sites for hydroxylation is 1. The lowest BCUT2D eigenvalue weighted by molar-refractivity contribution is -0.132. The molecule has 0 spiro atoms. The largest absolute Gasteiger partial charge is 0.444 e. The first-order valence-corrected chi connectivity index (χ1v) is 7.98. The second-order valence-corrected chi connectivity index (χ2v) is 5.81. The Morgan fingerprint density at radius 1 is 1.23 bits per heavy atom. The van der Waals surface area contributed by atoms with Crippen molar-refractivity contribution in [3.63, 3.8) is 0 Å². The van der Waals surface area contributed by atoms with E-state index in [-0.39, 0.29) is 24.8 Å². The molecule has 26 heavy (non-hydrogen) atoms. The zero-order valence-electron chi connectivity index (χ0n) is 14.4. The Kier molecular flexibility index (Phi) is 5.12. The van der Waals surface area contributed by atoms with E-state index in [1.807, 2.05) is 30.3 Å². The molecular formula is C18H18N4O4. The van der Waals surface area contributed by atoms with Gasteiger partial charge in [-0.1, -0.05) is 23.4 Å². The van der Waals surface area contributed by atoms with Crippen LogP contribution in [-0.2, 0) is 16.0 Å². The highest BCUT2D eigenvalue weighted by Gasteiger charge is 2.17. The van der Waals surface area contributed by atoms with E-state index in [2.05, 4.69) is 15.5 Å². The maximum Gasteiger partial charge on any atom is 0.245 e. The van der Waals surface area contributed by atoms with Crippen molar-refractivity contribution < 1.29 is 18.5 Å². The van der Waals surface area contributed by atoms with E-state index in [9.17, 15) is 9.59 Å². The molecule has 2 aromatic heterocycles. The Morgan fingerprint density at radius 2 is 2.00 bits per heavy atom. The van der Waals surface area contributed by atoms with Gasteiger partial charge in [0.15, 0.2) is 5.82 Å². The topological polar surface area (TPSA) is 101 Å². The number of aromatic nitrogens is 2. The molecular weight excluding hydrogens is 336 g/mol. The maximum atomic E-state index is 12.3. The summed E-state index contributed by atoms with van der Waals surface area (Å²) < 4.78 is 10.3. The molecule has 0 atom stereocenters. The molecule has 0 radical (unpaired) electrons. The molecule has 0 saturated heterocycles. The van der Waals surface area contributed by atoms with Gasteiger partial charge in [0.25, 0.3) is 0 Å². The minimum atomic E-state index is -0.362. The summed E-state index contributed by atoms with van der Waals surface area (Å²) in [4.78, 5) is 29.9. The van der Waals surface area contributed by atoms with Gasteiger partial charge in [-0.05, 0) is 19.1 Å². The molecule has 2 amide bonds. The van der Waals surface area contributed by atoms with Crippen LogP contribution in [-0.4, -0.2) is 40.4 Å². The highest BCUT2D eigenvalue weighted by atomic mass is 16.5. The monoisotopic (exact) mass is 354 g/mol. The average Bonchev–Trinajstić information content (AvgIpc) is 3.24. The number of nitrogens with one attached hydrogen (secondary N) is 1. The highest BCUT2D eigenvalue weighted by molar-refractivity contribution is 5.93. The van der Waals surface area contributed by atoms with Gasteiger partial charge in [0, 0.05) is 18.7 Å². The molecule has 0 bridgehead atoms. The van der Waals surface area contributed by atoms with Crippen molar-refractivity contribution >= 4 is 17.6 Å². The van der Waals surface area contributed by atoms with Gasteiger partial charge < -0.3 is 19.2 Å². The van der Waals surface area contributed by atoms with Crippen LogP contribution in [0, 0.1) is 6.92 Å². The number of carbonyl (C=O) groups excluding carboxylic acids is 2. The number of oxazole rings is 1. The van der Waals surface area contributed by atoms with E-state index >= 15 is 0 Å². The predicted octanol–water partition coefficient (Wildman–Crippen LogP) is 2.28. The summed E-state index contributed by atoms with van der Waals surface area (Å²) in [5, 5.41) is 6.24. The molecule has 3 rings (SSSR count). The SMILES string of the molecule is Cc1cc(NC(=O)CN(C)C(=O)Cc2coc(-c3ccccc3)n2)no1. The molecule has 2 heterocycles. The Morgan fingerprint density at radius 3 is 2.69 bits per heavy atom. The third-order valence-corrected chi connectivity index (χ3v) is 3.61. The van der Waals surface area contributed by atoms with Crippen molar-refractivity contribution in [1.82, 2.24) is 15.0 Å². The number of benzene rings is 1. The quantitative estimate of drug-likeness (QED) is 0.729. The fourth-order valence-corrected chi connectivity index (χ4v) is 2.30. The Bertz CT molecular complexity index is 901. The normalized spacial score (nSPS) is 10.5. The van der Waals surface area contributed by atoms with Crippen LogP contribution in [0.1, 0.15) is 11.5 Å². The standard InChI is InChI=1S/C18H18N4O4/c1-12-8-15(21-26-12)20-16(23)10-22(2)17(24)9-14-11-25-18(19-14)13-6-4-3-5-7-13/h3-8,11H,9-10H2,1-2H3,(H,20,21,23). The Hall–Kier alpha value is -3.42. The van der Waals surface area contributed by atoms with Crippen molar-refractivity contribution in [1.29, 1.82) is 0 Å². The lowest BCUT2D eigenvalue weighted by Crippen LogP contribution is -2.35. The van der Waals surface area contributed by atoms with Gasteiger partial charge in [-0.15, -0.1) is 0 Å². The van der Waals surface area contributed by atoms with Gasteiger partial charge in [-0.3, -0.25) is 9.59 Å². The van der Waals surface area contributed by atoms with Crippen LogP contribution in [0.15, 0.2) is 51.6 Å². The van der Waals surface area contributed by atoms with Crippen LogP contribution >= 0.6 is 0 Å². The summed E-state index contributed by atoms with van der Waals surface area (Å²) >= 11 is 0. The van der Waals surface area contributed by atoms with Crippen LogP contribution in [0.2, 0.25) is 0 Å². The number of anilines is 1. The second kappa shape index (κ2) is 7.64. The summed E-state index contributed by atoms with van der Waals surface area (Å²) in [6.07, 6.45) is 1.50. The van der Waals surface area contributed by atoms with Crippen LogP contribution < -0.4 is 5.32 Å². The molecule has 134 valence electrons. The van der Waals surface area contributed by atoms with Crippen LogP contribution in [0.25, 0.3) is 11.5 Å². The van der Waals surface area contributed by atoms with Crippen molar-refractivity contribution in [3.05, 3.63) is 54.1 Å². The number of hydrogen-bond acceptors (Lipinski definition) is 6. The van der Waals surface area contributed by atoms with Crippen LogP contribution in [0.3, 0.4) is 0 Å². The fourth-order valence-electron chi connectivity index (χ4n) is 2.30. The molecule has 1 aromatic carbocycles. The van der Waals surface area contributed by atoms with E-state index < -0.39 is 0 Å². The van der Waals surface area contributed by atoms with E-state index in [1.165, 1.54) is 11.2 Å². The van der Waals surface area contributed by atoms with Gasteiger partial charge >= 0.3 is 0 Å². The molecule has 3 aromatic rings. The molecule has 0 unspecified atom stereocenters. The summed E-state index contributed by atoms with van der Waals surface area (Å²) in [6, 6.07) is 11.0. The minimum absolute atomic E-state index is 0.0448. The average molecular weight is 354 g/mol. The van der Waals surface area contributed by atoms with E-state index in [0.717, 1.165) is 5.56 Å². The van der Waals surface area contributed by atoms with Crippen molar-refractivity contribution in [2.45, 2.75) is 13.3 Å². The third-order valence-electron chi connectivity index (χ3n) is 3.61. The van der Waals surface area contributed by atoms with Crippen molar-refractivity contribution in [2.75, 3.05) is 18.9 Å². The third kappa shape index (κ3) is 4.35. The Labute approximate surface area is 149 Å². The molecule has 1 N–H and O–H groups in total. The smallest absolute Gasteiger partial charge is 0.245 e. The molecule has 0 saturated carbocycles. The number of carbonyl (C=O) groups is 2. The first-order valence-electron chi connectivity index (χ1n) is 7.98. The molecule has 8 heteroatoms. The van der Waals surface area contributed by atoms with Crippen molar-refractivity contribution in [2.24, 2.45) is 0 Å². The summed E-state index contributed by atoms with van der Waals surface area (Å²) in [5.74, 6) is 0.751. The highest BCUT2D eigenvalue weighted by Crippen LogP contribution is 2.18. The number of likely N-dealkylation sites (N-methyl/N-ethyl adjacent to an activating group) is 1. The fraction of sp³-hybridized carbons (Fsp3) is 0.222. The Balaban J connectivity index is 1.54. The van der Waals surface area contributed by atoms with Gasteiger partial charge in [0.2, 0.25) is 17.7 Å². The van der Waals surface area contributed by atoms with Gasteiger partial charge in [0.1, 0.15) is 12.0 Å². The summed E-state index contributed by atoms with van der Waals surface area (Å²) in [6.45, 7) is 1.62. The summed E-state index contributed by atoms with van der Waals surface area (Å²) in [7, 11) is 1.55. The van der Waals surface area contributed by atoms with Crippen molar-refractivity contribution in [3.8, 4) is 11.5 Å². The minimum Gasteiger partial charge on any atom is -0.444 e. The van der Waals surface area contributed by atoms with Crippen LogP contribution in [0.5, 0.6) is 0 Å². The zero-order chi connectivity index (χ0) is 18.5. The second-order valence-electron chi connectivity index (χ2n) is 5.81. The molecule has 0 aliphatic heterocycles. The number of amides is 2. The molecule has 8 nitrogen and oxygen atoms in total. The molecule has 0 fully saturated rings. The summed E-state index contributed by atoms with van der Waals surface area (Å²) in [5.41, 5.74) is 1.34. The van der Waals surface area contributed by atoms with E-state index in [0.29, 0.717) is 23.2 Å². The number of rotatable bonds is 6. The maximum absolute atomic E-state index is 12.3. The zero-order valence-corrected chi connectivity index (χ0v) is 14.4. The first kappa shape index (κ1) is 17.4.